The van der Waals surface area contributed by atoms with Crippen LogP contribution in [-0.4, -0.2) is 22.0 Å². The number of carboxylic acid groups (broad SMARTS) is 1. The fourth-order valence-corrected chi connectivity index (χ4v) is 2.19. The van der Waals surface area contributed by atoms with Crippen molar-refractivity contribution in [2.45, 2.75) is 24.3 Å². The minimum atomic E-state index is -2.88. The van der Waals surface area contributed by atoms with E-state index in [-0.39, 0.29) is 11.1 Å². The highest BCUT2D eigenvalue weighted by Gasteiger charge is 2.29. The first-order valence-electron chi connectivity index (χ1n) is 5.23. The van der Waals surface area contributed by atoms with Crippen LogP contribution in [0.4, 0.5) is 8.78 Å². The van der Waals surface area contributed by atoms with E-state index in [1.54, 1.807) is 0 Å². The second-order valence-corrected chi connectivity index (χ2v) is 4.78. The maximum Gasteiger partial charge on any atom is 0.337 e. The van der Waals surface area contributed by atoms with Crippen LogP contribution in [0.1, 0.15) is 41.0 Å². The Labute approximate surface area is 116 Å². The Bertz CT molecular complexity index is 505. The molecule has 0 aliphatic carbocycles. The zero-order valence-electron chi connectivity index (χ0n) is 9.81. The van der Waals surface area contributed by atoms with E-state index in [0.29, 0.717) is 0 Å². The van der Waals surface area contributed by atoms with E-state index < -0.39 is 34.7 Å². The van der Waals surface area contributed by atoms with Gasteiger partial charge in [0.15, 0.2) is 6.10 Å². The number of carboxylic acids is 1. The number of hydrogen-bond donors (Lipinski definition) is 2. The zero-order valence-corrected chi connectivity index (χ0v) is 11.4. The molecule has 7 heteroatoms. The molecule has 0 radical (unpaired) electrons. The van der Waals surface area contributed by atoms with Gasteiger partial charge in [-0.3, -0.25) is 4.79 Å². The molecule has 0 aromatic heterocycles. The molecule has 0 aliphatic rings. The van der Waals surface area contributed by atoms with Crippen LogP contribution in [0, 0.1) is 0 Å². The number of hydrogen-bond acceptors (Lipinski definition) is 3. The number of benzene rings is 1. The van der Waals surface area contributed by atoms with Crippen molar-refractivity contribution in [2.75, 3.05) is 0 Å². The summed E-state index contributed by atoms with van der Waals surface area (Å²) in [6, 6.07) is 3.51. The predicted molar refractivity (Wildman–Crippen MR) is 66.3 cm³/mol. The number of carbonyl (C=O) groups is 2. The molecule has 0 saturated heterocycles. The SMILES string of the molecule is CC(=O)C(Br)c1c(C(F)F)cccc1C(O)C(=O)O. The molecule has 4 nitrogen and oxygen atoms in total. The largest absolute Gasteiger partial charge is 0.479 e. The number of alkyl halides is 3. The van der Waals surface area contributed by atoms with Gasteiger partial charge in [0.05, 0.1) is 4.83 Å². The highest BCUT2D eigenvalue weighted by atomic mass is 79.9. The molecule has 0 amide bonds. The molecule has 0 saturated carbocycles. The summed E-state index contributed by atoms with van der Waals surface area (Å²) in [7, 11) is 0. The molecule has 1 rings (SSSR count). The Hall–Kier alpha value is -1.34. The Morgan fingerprint density at radius 2 is 1.79 bits per heavy atom. The standard InChI is InChI=1S/C12H11BrF2O4/c1-5(16)9(13)8-6(10(17)12(18)19)3-2-4-7(8)11(14)15/h2-4,9-11,17H,1H3,(H,18,19). The van der Waals surface area contributed by atoms with Gasteiger partial charge in [-0.15, -0.1) is 0 Å². The molecule has 104 valence electrons. The quantitative estimate of drug-likeness (QED) is 0.811. The minimum Gasteiger partial charge on any atom is -0.479 e. The highest BCUT2D eigenvalue weighted by molar-refractivity contribution is 9.09. The van der Waals surface area contributed by atoms with Crippen molar-refractivity contribution in [3.8, 4) is 0 Å². The number of aliphatic hydroxyl groups excluding tert-OH is 1. The maximum atomic E-state index is 12.9. The van der Waals surface area contributed by atoms with E-state index in [9.17, 15) is 23.5 Å². The third-order valence-corrected chi connectivity index (χ3v) is 3.65. The lowest BCUT2D eigenvalue weighted by Gasteiger charge is -2.19. The molecular formula is C12H11BrF2O4. The number of aliphatic hydroxyl groups is 1. The van der Waals surface area contributed by atoms with Gasteiger partial charge < -0.3 is 10.2 Å². The Morgan fingerprint density at radius 1 is 1.26 bits per heavy atom. The van der Waals surface area contributed by atoms with Crippen molar-refractivity contribution in [2.24, 2.45) is 0 Å². The molecule has 0 heterocycles. The number of carbonyl (C=O) groups excluding carboxylic acids is 1. The van der Waals surface area contributed by atoms with Gasteiger partial charge in [-0.25, -0.2) is 13.6 Å². The van der Waals surface area contributed by atoms with Crippen molar-refractivity contribution < 1.29 is 28.6 Å². The molecule has 1 aromatic rings. The Morgan fingerprint density at radius 3 is 2.21 bits per heavy atom. The molecule has 0 spiro atoms. The summed E-state index contributed by atoms with van der Waals surface area (Å²) < 4.78 is 25.9. The number of aliphatic carboxylic acids is 1. The molecule has 2 atom stereocenters. The zero-order chi connectivity index (χ0) is 14.7. The van der Waals surface area contributed by atoms with Crippen LogP contribution < -0.4 is 0 Å². The van der Waals surface area contributed by atoms with E-state index in [1.165, 1.54) is 19.1 Å². The molecule has 0 aliphatic heterocycles. The van der Waals surface area contributed by atoms with Gasteiger partial charge >= 0.3 is 5.97 Å². The first-order chi connectivity index (χ1) is 8.77. The minimum absolute atomic E-state index is 0.195. The predicted octanol–water partition coefficient (Wildman–Crippen LogP) is 2.77. The summed E-state index contributed by atoms with van der Waals surface area (Å²) in [6.45, 7) is 1.18. The molecule has 19 heavy (non-hydrogen) atoms. The van der Waals surface area contributed by atoms with Gasteiger partial charge in [-0.1, -0.05) is 34.1 Å². The third kappa shape index (κ3) is 3.36. The average molecular weight is 337 g/mol. The second-order valence-electron chi connectivity index (χ2n) is 3.86. The van der Waals surface area contributed by atoms with Crippen molar-refractivity contribution in [3.63, 3.8) is 0 Å². The van der Waals surface area contributed by atoms with Crippen LogP contribution in [0.15, 0.2) is 18.2 Å². The summed E-state index contributed by atoms with van der Waals surface area (Å²) in [5, 5.41) is 18.3. The number of Topliss-reactive ketones (excluding diaryl/α,β-unsaturated/α-hetero) is 1. The van der Waals surface area contributed by atoms with Gasteiger partial charge in [-0.05, 0) is 18.1 Å². The molecule has 0 fully saturated rings. The second kappa shape index (κ2) is 6.21. The lowest BCUT2D eigenvalue weighted by Crippen LogP contribution is -2.17. The van der Waals surface area contributed by atoms with Crippen LogP contribution in [-0.2, 0) is 9.59 Å². The van der Waals surface area contributed by atoms with Crippen LogP contribution in [0.25, 0.3) is 0 Å². The Kier molecular flexibility index (Phi) is 5.13. The monoisotopic (exact) mass is 336 g/mol. The fourth-order valence-electron chi connectivity index (χ4n) is 1.66. The number of ketones is 1. The van der Waals surface area contributed by atoms with Gasteiger partial charge in [0.1, 0.15) is 5.78 Å². The summed E-state index contributed by atoms with van der Waals surface area (Å²) in [5.41, 5.74) is -0.892. The van der Waals surface area contributed by atoms with Crippen molar-refractivity contribution in [1.82, 2.24) is 0 Å². The van der Waals surface area contributed by atoms with Crippen LogP contribution >= 0.6 is 15.9 Å². The van der Waals surface area contributed by atoms with Crippen LogP contribution in [0.5, 0.6) is 0 Å². The topological polar surface area (TPSA) is 74.6 Å². The van der Waals surface area contributed by atoms with Crippen LogP contribution in [0.2, 0.25) is 0 Å². The normalized spacial score (nSPS) is 14.2. The molecule has 2 unspecified atom stereocenters. The smallest absolute Gasteiger partial charge is 0.337 e. The van der Waals surface area contributed by atoms with Crippen LogP contribution in [0.3, 0.4) is 0 Å². The molecule has 1 aromatic carbocycles. The first kappa shape index (κ1) is 15.7. The third-order valence-electron chi connectivity index (χ3n) is 2.55. The molecular weight excluding hydrogens is 326 g/mol. The highest BCUT2D eigenvalue weighted by Crippen LogP contribution is 2.37. The summed E-state index contributed by atoms with van der Waals surface area (Å²) in [6.07, 6.45) is -4.84. The lowest BCUT2D eigenvalue weighted by molar-refractivity contribution is -0.147. The van der Waals surface area contributed by atoms with E-state index in [0.717, 1.165) is 6.07 Å². The fraction of sp³-hybridized carbons (Fsp3) is 0.333. The van der Waals surface area contributed by atoms with Gasteiger partial charge in [0.25, 0.3) is 6.43 Å². The summed E-state index contributed by atoms with van der Waals surface area (Å²) >= 11 is 2.95. The van der Waals surface area contributed by atoms with Gasteiger partial charge in [0.2, 0.25) is 0 Å². The van der Waals surface area contributed by atoms with E-state index in [2.05, 4.69) is 15.9 Å². The number of halogens is 3. The maximum absolute atomic E-state index is 12.9. The van der Waals surface area contributed by atoms with Gasteiger partial charge in [-0.2, -0.15) is 0 Å². The van der Waals surface area contributed by atoms with E-state index in [1.807, 2.05) is 0 Å². The summed E-state index contributed by atoms with van der Waals surface area (Å²) in [4.78, 5) is 21.0. The first-order valence-corrected chi connectivity index (χ1v) is 6.15. The Balaban J connectivity index is 3.50. The number of rotatable bonds is 5. The average Bonchev–Trinajstić information content (AvgIpc) is 2.35. The van der Waals surface area contributed by atoms with Crippen molar-refractivity contribution in [1.29, 1.82) is 0 Å². The summed E-state index contributed by atoms with van der Waals surface area (Å²) in [5.74, 6) is -2.04. The van der Waals surface area contributed by atoms with Crippen molar-refractivity contribution in [3.05, 3.63) is 34.9 Å². The van der Waals surface area contributed by atoms with Crippen molar-refractivity contribution >= 4 is 27.7 Å². The molecule has 0 bridgehead atoms. The van der Waals surface area contributed by atoms with E-state index >= 15 is 0 Å². The lowest BCUT2D eigenvalue weighted by atomic mass is 9.93. The van der Waals surface area contributed by atoms with Gasteiger partial charge in [0, 0.05) is 5.56 Å². The molecule has 2 N–H and O–H groups in total. The van der Waals surface area contributed by atoms with E-state index in [4.69, 9.17) is 5.11 Å².